The van der Waals surface area contributed by atoms with Crippen molar-refractivity contribution < 1.29 is 19.3 Å². The number of rotatable bonds is 11. The van der Waals surface area contributed by atoms with Crippen LogP contribution in [0, 0.1) is 0 Å². The van der Waals surface area contributed by atoms with Crippen LogP contribution in [-0.4, -0.2) is 42.6 Å². The van der Waals surface area contributed by atoms with E-state index in [1.807, 2.05) is 73.3 Å². The maximum atomic E-state index is 11.5. The minimum absolute atomic E-state index is 0. The van der Waals surface area contributed by atoms with Gasteiger partial charge in [0.05, 0.1) is 31.1 Å². The van der Waals surface area contributed by atoms with E-state index < -0.39 is 6.10 Å². The van der Waals surface area contributed by atoms with Crippen LogP contribution in [-0.2, 0) is 0 Å². The van der Waals surface area contributed by atoms with Crippen molar-refractivity contribution in [1.82, 2.24) is 4.98 Å². The fraction of sp³-hybridized carbons (Fsp3) is 0.250. The SMILES string of the molecule is CCOc1ccccc1N(CC(O)COc1ccc2[nH]c(=O)ccc2c1)c1ccccc1OCC.Cl. The number of nitrogens with zero attached hydrogens (tertiary/aromatic N) is 1. The number of aromatic nitrogens is 1. The number of aromatic amines is 1. The molecule has 3 aromatic carbocycles. The number of aliphatic hydroxyl groups excluding tert-OH is 1. The van der Waals surface area contributed by atoms with Crippen LogP contribution in [0.25, 0.3) is 10.9 Å². The molecule has 0 amide bonds. The van der Waals surface area contributed by atoms with Crippen LogP contribution in [0.3, 0.4) is 0 Å². The first-order chi connectivity index (χ1) is 17.1. The minimum Gasteiger partial charge on any atom is -0.492 e. The van der Waals surface area contributed by atoms with Crippen LogP contribution in [0.1, 0.15) is 13.8 Å². The number of hydrogen-bond donors (Lipinski definition) is 2. The number of H-pyrrole nitrogens is 1. The van der Waals surface area contributed by atoms with Crippen molar-refractivity contribution in [3.8, 4) is 17.2 Å². The van der Waals surface area contributed by atoms with Crippen molar-refractivity contribution in [2.24, 2.45) is 0 Å². The molecule has 0 spiro atoms. The van der Waals surface area contributed by atoms with Crippen LogP contribution in [0.5, 0.6) is 17.2 Å². The van der Waals surface area contributed by atoms with E-state index in [0.29, 0.717) is 19.0 Å². The zero-order valence-electron chi connectivity index (χ0n) is 20.3. The van der Waals surface area contributed by atoms with Gasteiger partial charge in [-0.2, -0.15) is 0 Å². The van der Waals surface area contributed by atoms with Gasteiger partial charge in [-0.25, -0.2) is 0 Å². The maximum Gasteiger partial charge on any atom is 0.248 e. The molecule has 8 heteroatoms. The zero-order valence-corrected chi connectivity index (χ0v) is 21.2. The molecule has 0 aliphatic carbocycles. The summed E-state index contributed by atoms with van der Waals surface area (Å²) in [5.41, 5.74) is 2.24. The van der Waals surface area contributed by atoms with Crippen molar-refractivity contribution in [3.63, 3.8) is 0 Å². The monoisotopic (exact) mass is 510 g/mol. The van der Waals surface area contributed by atoms with Crippen molar-refractivity contribution in [3.05, 3.63) is 89.2 Å². The molecule has 190 valence electrons. The predicted molar refractivity (Wildman–Crippen MR) is 146 cm³/mol. The van der Waals surface area contributed by atoms with Gasteiger partial charge in [-0.15, -0.1) is 12.4 Å². The van der Waals surface area contributed by atoms with Crippen molar-refractivity contribution in [1.29, 1.82) is 0 Å². The molecule has 0 bridgehead atoms. The van der Waals surface area contributed by atoms with Gasteiger partial charge in [-0.05, 0) is 62.4 Å². The summed E-state index contributed by atoms with van der Waals surface area (Å²) in [6, 6.07) is 24.1. The van der Waals surface area contributed by atoms with Gasteiger partial charge in [0.15, 0.2) is 0 Å². The molecule has 1 heterocycles. The van der Waals surface area contributed by atoms with Gasteiger partial charge in [0.1, 0.15) is 30.0 Å². The van der Waals surface area contributed by atoms with Gasteiger partial charge in [0, 0.05) is 17.0 Å². The Morgan fingerprint density at radius 1 is 0.833 bits per heavy atom. The number of ether oxygens (including phenoxy) is 3. The number of para-hydroxylation sites is 4. The lowest BCUT2D eigenvalue weighted by Crippen LogP contribution is -2.33. The molecule has 4 aromatic rings. The molecule has 4 rings (SSSR count). The standard InChI is InChI=1S/C28H30N2O5.ClH/c1-3-33-26-11-7-5-9-24(26)30(25-10-6-8-12-27(25)34-4-2)18-21(31)19-35-22-14-15-23-20(17-22)13-16-28(32)29-23;/h5-17,21,31H,3-4,18-19H2,1-2H3,(H,29,32);1H. The Bertz CT molecular complexity index is 1280. The highest BCUT2D eigenvalue weighted by atomic mass is 35.5. The second-order valence-electron chi connectivity index (χ2n) is 7.95. The highest BCUT2D eigenvalue weighted by Gasteiger charge is 2.21. The maximum absolute atomic E-state index is 11.5. The molecule has 0 radical (unpaired) electrons. The summed E-state index contributed by atoms with van der Waals surface area (Å²) in [4.78, 5) is 16.3. The van der Waals surface area contributed by atoms with Crippen LogP contribution in [0.2, 0.25) is 0 Å². The summed E-state index contributed by atoms with van der Waals surface area (Å²) in [5.74, 6) is 2.05. The van der Waals surface area contributed by atoms with E-state index >= 15 is 0 Å². The fourth-order valence-corrected chi connectivity index (χ4v) is 3.92. The average molecular weight is 511 g/mol. The number of pyridine rings is 1. The van der Waals surface area contributed by atoms with Crippen molar-refractivity contribution >= 4 is 34.7 Å². The lowest BCUT2D eigenvalue weighted by Gasteiger charge is -2.30. The molecular formula is C28H31ClN2O5. The van der Waals surface area contributed by atoms with Gasteiger partial charge in [-0.3, -0.25) is 4.79 Å². The lowest BCUT2D eigenvalue weighted by molar-refractivity contribution is 0.114. The number of halogens is 1. The summed E-state index contributed by atoms with van der Waals surface area (Å²) in [7, 11) is 0. The molecule has 1 unspecified atom stereocenters. The molecule has 0 saturated heterocycles. The van der Waals surface area contributed by atoms with Crippen LogP contribution in [0.15, 0.2) is 83.7 Å². The van der Waals surface area contributed by atoms with E-state index in [1.54, 1.807) is 18.2 Å². The number of hydrogen-bond acceptors (Lipinski definition) is 6. The molecule has 2 N–H and O–H groups in total. The highest BCUT2D eigenvalue weighted by Crippen LogP contribution is 2.38. The Morgan fingerprint density at radius 3 is 2.06 bits per heavy atom. The second kappa shape index (κ2) is 12.9. The van der Waals surface area contributed by atoms with Crippen molar-refractivity contribution in [2.75, 3.05) is 31.3 Å². The molecule has 0 aliphatic rings. The number of anilines is 2. The van der Waals surface area contributed by atoms with Gasteiger partial charge < -0.3 is 29.2 Å². The second-order valence-corrected chi connectivity index (χ2v) is 7.95. The van der Waals surface area contributed by atoms with Gasteiger partial charge in [-0.1, -0.05) is 24.3 Å². The minimum atomic E-state index is -0.814. The van der Waals surface area contributed by atoms with E-state index in [4.69, 9.17) is 14.2 Å². The largest absolute Gasteiger partial charge is 0.492 e. The quantitative estimate of drug-likeness (QED) is 0.284. The summed E-state index contributed by atoms with van der Waals surface area (Å²) < 4.78 is 17.7. The molecule has 0 saturated carbocycles. The topological polar surface area (TPSA) is 84.0 Å². The molecular weight excluding hydrogens is 480 g/mol. The number of benzene rings is 3. The summed E-state index contributed by atoms with van der Waals surface area (Å²) >= 11 is 0. The first kappa shape index (κ1) is 26.9. The Balaban J connectivity index is 0.00000361. The lowest BCUT2D eigenvalue weighted by atomic mass is 10.2. The third-order valence-corrected chi connectivity index (χ3v) is 5.44. The third-order valence-electron chi connectivity index (χ3n) is 5.44. The Labute approximate surface area is 216 Å². The number of fused-ring (bicyclic) bond motifs is 1. The normalized spacial score (nSPS) is 11.4. The highest BCUT2D eigenvalue weighted by molar-refractivity contribution is 5.85. The third kappa shape index (κ3) is 6.50. The average Bonchev–Trinajstić information content (AvgIpc) is 2.87. The predicted octanol–water partition coefficient (Wildman–Crippen LogP) is 5.33. The fourth-order valence-electron chi connectivity index (χ4n) is 3.92. The van der Waals surface area contributed by atoms with E-state index in [1.165, 1.54) is 6.07 Å². The first-order valence-corrected chi connectivity index (χ1v) is 11.7. The van der Waals surface area contributed by atoms with Crippen LogP contribution in [0.4, 0.5) is 11.4 Å². The van der Waals surface area contributed by atoms with Crippen LogP contribution < -0.4 is 24.7 Å². The number of aliphatic hydroxyl groups is 1. The van der Waals surface area contributed by atoms with E-state index in [0.717, 1.165) is 33.8 Å². The molecule has 1 aromatic heterocycles. The van der Waals surface area contributed by atoms with Crippen molar-refractivity contribution in [2.45, 2.75) is 20.0 Å². The smallest absolute Gasteiger partial charge is 0.248 e. The van der Waals surface area contributed by atoms with Gasteiger partial charge >= 0.3 is 0 Å². The van der Waals surface area contributed by atoms with E-state index in [9.17, 15) is 9.90 Å². The molecule has 1 atom stereocenters. The Hall–Kier alpha value is -3.68. The molecule has 7 nitrogen and oxygen atoms in total. The van der Waals surface area contributed by atoms with E-state index in [-0.39, 0.29) is 31.1 Å². The number of nitrogens with one attached hydrogen (secondary N) is 1. The molecule has 0 fully saturated rings. The van der Waals surface area contributed by atoms with Crippen LogP contribution >= 0.6 is 12.4 Å². The molecule has 36 heavy (non-hydrogen) atoms. The summed E-state index contributed by atoms with van der Waals surface area (Å²) in [6.45, 7) is 5.27. The zero-order chi connectivity index (χ0) is 24.6. The van der Waals surface area contributed by atoms with Gasteiger partial charge in [0.2, 0.25) is 5.56 Å². The van der Waals surface area contributed by atoms with Gasteiger partial charge in [0.25, 0.3) is 0 Å². The molecule has 0 aliphatic heterocycles. The first-order valence-electron chi connectivity index (χ1n) is 11.7. The van der Waals surface area contributed by atoms with E-state index in [2.05, 4.69) is 4.98 Å². The Morgan fingerprint density at radius 2 is 1.44 bits per heavy atom. The summed E-state index contributed by atoms with van der Waals surface area (Å²) in [6.07, 6.45) is -0.814. The Kier molecular flexibility index (Phi) is 9.61. The summed E-state index contributed by atoms with van der Waals surface area (Å²) in [5, 5.41) is 11.9.